The number of nitrogens with one attached hydrogen (secondary N) is 1. The van der Waals surface area contributed by atoms with Gasteiger partial charge in [0.15, 0.2) is 0 Å². The summed E-state index contributed by atoms with van der Waals surface area (Å²) in [4.78, 5) is 0. The number of hydrogen-bond acceptors (Lipinski definition) is 3. The van der Waals surface area contributed by atoms with Gasteiger partial charge >= 0.3 is 0 Å². The summed E-state index contributed by atoms with van der Waals surface area (Å²) in [5.74, 6) is 0.918. The van der Waals surface area contributed by atoms with Gasteiger partial charge in [0.1, 0.15) is 11.5 Å². The monoisotopic (exact) mass is 306 g/mol. The van der Waals surface area contributed by atoms with Crippen molar-refractivity contribution in [2.45, 2.75) is 12.6 Å². The van der Waals surface area contributed by atoms with Crippen molar-refractivity contribution in [1.29, 1.82) is 0 Å². The molecule has 1 unspecified atom stereocenters. The zero-order chi connectivity index (χ0) is 15.8. The molecule has 2 N–H and O–H groups in total. The number of hydrogen-bond donors (Lipinski definition) is 2. The summed E-state index contributed by atoms with van der Waals surface area (Å²) in [6, 6.07) is 17.7. The summed E-state index contributed by atoms with van der Waals surface area (Å²) < 4.78 is 7.65. The van der Waals surface area contributed by atoms with Gasteiger partial charge in [0.05, 0.1) is 18.7 Å². The first-order valence-corrected chi connectivity index (χ1v) is 7.64. The van der Waals surface area contributed by atoms with Crippen LogP contribution in [0.3, 0.4) is 0 Å². The summed E-state index contributed by atoms with van der Waals surface area (Å²) in [5, 5.41) is 14.0. The lowest BCUT2D eigenvalue weighted by molar-refractivity contribution is 0.390. The van der Waals surface area contributed by atoms with Crippen LogP contribution >= 0.6 is 0 Å². The number of fused-ring (bicyclic) bond motifs is 3. The molecule has 0 saturated carbocycles. The highest BCUT2D eigenvalue weighted by Gasteiger charge is 2.27. The van der Waals surface area contributed by atoms with E-state index < -0.39 is 0 Å². The summed E-state index contributed by atoms with van der Waals surface area (Å²) in [6.07, 6.45) is 2.06. The molecule has 1 aromatic heterocycles. The van der Waals surface area contributed by atoms with Crippen molar-refractivity contribution in [2.24, 2.45) is 0 Å². The van der Waals surface area contributed by atoms with Crippen molar-refractivity contribution in [1.82, 2.24) is 9.88 Å². The Kier molecular flexibility index (Phi) is 3.32. The number of methoxy groups -OCH3 is 1. The van der Waals surface area contributed by atoms with Crippen LogP contribution in [0.2, 0.25) is 0 Å². The van der Waals surface area contributed by atoms with Gasteiger partial charge in [0.25, 0.3) is 0 Å². The van der Waals surface area contributed by atoms with Gasteiger partial charge in [-0.1, -0.05) is 24.3 Å². The average molecular weight is 306 g/mol. The van der Waals surface area contributed by atoms with E-state index in [1.165, 1.54) is 5.56 Å². The first-order valence-electron chi connectivity index (χ1n) is 7.64. The largest absolute Gasteiger partial charge is 0.507 e. The number of phenols is 1. The van der Waals surface area contributed by atoms with E-state index in [-0.39, 0.29) is 11.8 Å². The van der Waals surface area contributed by atoms with Gasteiger partial charge in [-0.05, 0) is 35.9 Å². The minimum absolute atomic E-state index is 0.145. The summed E-state index contributed by atoms with van der Waals surface area (Å²) >= 11 is 0. The lowest BCUT2D eigenvalue weighted by Gasteiger charge is -2.21. The Morgan fingerprint density at radius 3 is 2.83 bits per heavy atom. The minimum atomic E-state index is -0.145. The molecule has 0 aliphatic carbocycles. The van der Waals surface area contributed by atoms with Gasteiger partial charge < -0.3 is 19.7 Å². The number of aromatic nitrogens is 1. The van der Waals surface area contributed by atoms with Crippen molar-refractivity contribution in [3.8, 4) is 17.2 Å². The molecule has 116 valence electrons. The van der Waals surface area contributed by atoms with E-state index in [0.29, 0.717) is 5.75 Å². The molecule has 1 aliphatic heterocycles. The molecular formula is C19H18N2O2. The molecule has 0 saturated heterocycles. The van der Waals surface area contributed by atoms with E-state index in [1.54, 1.807) is 19.2 Å². The van der Waals surface area contributed by atoms with Crippen LogP contribution in [0.5, 0.6) is 11.5 Å². The van der Waals surface area contributed by atoms with Crippen molar-refractivity contribution < 1.29 is 9.84 Å². The highest BCUT2D eigenvalue weighted by atomic mass is 16.5. The van der Waals surface area contributed by atoms with Gasteiger partial charge in [-0.25, -0.2) is 0 Å². The van der Waals surface area contributed by atoms with Crippen LogP contribution in [0.4, 0.5) is 0 Å². The molecule has 0 radical (unpaired) electrons. The number of rotatable bonds is 2. The van der Waals surface area contributed by atoms with E-state index in [0.717, 1.165) is 23.5 Å². The second-order valence-electron chi connectivity index (χ2n) is 5.64. The molecule has 1 atom stereocenters. The third-order valence-electron chi connectivity index (χ3n) is 4.38. The second kappa shape index (κ2) is 5.48. The first-order chi connectivity index (χ1) is 11.3. The quantitative estimate of drug-likeness (QED) is 0.763. The fourth-order valence-corrected chi connectivity index (χ4v) is 3.31. The van der Waals surface area contributed by atoms with E-state index in [9.17, 15) is 5.11 Å². The number of phenolic OH excluding ortho intramolecular Hbond substituents is 1. The molecule has 2 heterocycles. The Balaban J connectivity index is 1.91. The van der Waals surface area contributed by atoms with Gasteiger partial charge in [-0.3, -0.25) is 0 Å². The van der Waals surface area contributed by atoms with Crippen LogP contribution in [0.15, 0.2) is 60.8 Å². The Hall–Kier alpha value is -2.72. The van der Waals surface area contributed by atoms with Crippen LogP contribution in [0.1, 0.15) is 22.9 Å². The summed E-state index contributed by atoms with van der Waals surface area (Å²) in [6.45, 7) is 0.722. The zero-order valence-electron chi connectivity index (χ0n) is 12.9. The Labute approximate surface area is 135 Å². The van der Waals surface area contributed by atoms with E-state index in [2.05, 4.69) is 34.3 Å². The Bertz CT molecular complexity index is 854. The molecular weight excluding hydrogens is 288 g/mol. The van der Waals surface area contributed by atoms with Crippen molar-refractivity contribution in [3.05, 3.63) is 77.6 Å². The molecule has 4 rings (SSSR count). The second-order valence-corrected chi connectivity index (χ2v) is 5.64. The van der Waals surface area contributed by atoms with Crippen LogP contribution in [0.25, 0.3) is 5.69 Å². The number of aromatic hydroxyl groups is 1. The maximum Gasteiger partial charge on any atom is 0.127 e. The third-order valence-corrected chi connectivity index (χ3v) is 4.38. The molecule has 4 heteroatoms. The fourth-order valence-electron chi connectivity index (χ4n) is 3.31. The maximum atomic E-state index is 10.4. The topological polar surface area (TPSA) is 46.4 Å². The predicted octanol–water partition coefficient (Wildman–Crippen LogP) is 3.38. The minimum Gasteiger partial charge on any atom is -0.507 e. The molecule has 0 amide bonds. The van der Waals surface area contributed by atoms with Crippen molar-refractivity contribution in [2.75, 3.05) is 7.11 Å². The van der Waals surface area contributed by atoms with Crippen LogP contribution < -0.4 is 10.1 Å². The number of para-hydroxylation sites is 1. The summed E-state index contributed by atoms with van der Waals surface area (Å²) in [7, 11) is 1.63. The molecule has 0 bridgehead atoms. The average Bonchev–Trinajstić information content (AvgIpc) is 3.00. The van der Waals surface area contributed by atoms with Crippen LogP contribution in [0, 0.1) is 0 Å². The molecule has 23 heavy (non-hydrogen) atoms. The smallest absolute Gasteiger partial charge is 0.127 e. The first kappa shape index (κ1) is 13.9. The van der Waals surface area contributed by atoms with E-state index in [4.69, 9.17) is 4.74 Å². The standard InChI is InChI=1S/C19H18N2O2/c1-23-17-10-4-9-16(22)18(17)19-15-8-5-11-21(15)14-7-3-2-6-13(14)12-20-19/h2-11,19-20,22H,12H2,1H3. The molecule has 3 aromatic rings. The molecule has 2 aromatic carbocycles. The van der Waals surface area contributed by atoms with Crippen LogP contribution in [-0.4, -0.2) is 16.8 Å². The molecule has 0 fully saturated rings. The maximum absolute atomic E-state index is 10.4. The number of benzene rings is 2. The van der Waals surface area contributed by atoms with Crippen molar-refractivity contribution in [3.63, 3.8) is 0 Å². The van der Waals surface area contributed by atoms with Crippen LogP contribution in [-0.2, 0) is 6.54 Å². The lowest BCUT2D eigenvalue weighted by atomic mass is 10.0. The summed E-state index contributed by atoms with van der Waals surface area (Å²) in [5.41, 5.74) is 4.23. The SMILES string of the molecule is COc1cccc(O)c1C1NCc2ccccc2-n2cccc21. The highest BCUT2D eigenvalue weighted by Crippen LogP contribution is 2.39. The lowest BCUT2D eigenvalue weighted by Crippen LogP contribution is -2.22. The normalized spacial score (nSPS) is 16.3. The molecule has 0 spiro atoms. The van der Waals surface area contributed by atoms with Gasteiger partial charge in [-0.15, -0.1) is 0 Å². The molecule has 4 nitrogen and oxygen atoms in total. The van der Waals surface area contributed by atoms with Gasteiger partial charge in [0, 0.05) is 24.1 Å². The number of ether oxygens (including phenoxy) is 1. The van der Waals surface area contributed by atoms with E-state index in [1.807, 2.05) is 24.3 Å². The molecule has 1 aliphatic rings. The predicted molar refractivity (Wildman–Crippen MR) is 89.1 cm³/mol. The van der Waals surface area contributed by atoms with Crippen molar-refractivity contribution >= 4 is 0 Å². The van der Waals surface area contributed by atoms with Gasteiger partial charge in [-0.2, -0.15) is 0 Å². The third kappa shape index (κ3) is 2.19. The Morgan fingerprint density at radius 2 is 1.96 bits per heavy atom. The Morgan fingerprint density at radius 1 is 1.09 bits per heavy atom. The zero-order valence-corrected chi connectivity index (χ0v) is 12.9. The number of nitrogens with zero attached hydrogens (tertiary/aromatic N) is 1. The highest BCUT2D eigenvalue weighted by molar-refractivity contribution is 5.52. The van der Waals surface area contributed by atoms with E-state index >= 15 is 0 Å². The fraction of sp³-hybridized carbons (Fsp3) is 0.158. The van der Waals surface area contributed by atoms with Gasteiger partial charge in [0.2, 0.25) is 0 Å².